The van der Waals surface area contributed by atoms with E-state index >= 15 is 0 Å². The van der Waals surface area contributed by atoms with Crippen LogP contribution in [0.1, 0.15) is 41.9 Å². The molecule has 76 valence electrons. The minimum Gasteiger partial charge on any atom is -0.462 e. The van der Waals surface area contributed by atoms with Crippen LogP contribution in [0.5, 0.6) is 0 Å². The van der Waals surface area contributed by atoms with Crippen molar-refractivity contribution in [2.45, 2.75) is 32.7 Å². The van der Waals surface area contributed by atoms with Gasteiger partial charge in [-0.05, 0) is 26.7 Å². The van der Waals surface area contributed by atoms with Crippen LogP contribution in [0.25, 0.3) is 0 Å². The predicted molar refractivity (Wildman–Crippen MR) is 51.2 cm³/mol. The van der Waals surface area contributed by atoms with E-state index in [4.69, 9.17) is 4.74 Å². The summed E-state index contributed by atoms with van der Waals surface area (Å²) in [6.07, 6.45) is 4.14. The summed E-state index contributed by atoms with van der Waals surface area (Å²) < 4.78 is 6.81. The number of carbonyl (C=O) groups is 1. The minimum absolute atomic E-state index is 0.267. The number of hydrogen-bond acceptors (Lipinski definition) is 3. The van der Waals surface area contributed by atoms with E-state index in [1.165, 1.54) is 12.8 Å². The Morgan fingerprint density at radius 1 is 1.71 bits per heavy atom. The SMILES string of the molecule is CCOC(=O)c1cn(C2CC2)nc1C. The van der Waals surface area contributed by atoms with Crippen molar-refractivity contribution < 1.29 is 9.53 Å². The summed E-state index contributed by atoms with van der Waals surface area (Å²) in [7, 11) is 0. The average molecular weight is 194 g/mol. The molecule has 1 aromatic rings. The molecule has 0 unspecified atom stereocenters. The zero-order chi connectivity index (χ0) is 10.1. The largest absolute Gasteiger partial charge is 0.462 e. The Kier molecular flexibility index (Phi) is 2.27. The van der Waals surface area contributed by atoms with Gasteiger partial charge in [0.2, 0.25) is 0 Å². The molecule has 0 aromatic carbocycles. The van der Waals surface area contributed by atoms with Crippen molar-refractivity contribution in [3.05, 3.63) is 17.5 Å². The molecule has 1 fully saturated rings. The van der Waals surface area contributed by atoms with Crippen molar-refractivity contribution in [1.82, 2.24) is 9.78 Å². The minimum atomic E-state index is -0.267. The lowest BCUT2D eigenvalue weighted by atomic mass is 10.3. The Labute approximate surface area is 82.9 Å². The van der Waals surface area contributed by atoms with Crippen LogP contribution < -0.4 is 0 Å². The van der Waals surface area contributed by atoms with Gasteiger partial charge in [0.15, 0.2) is 0 Å². The average Bonchev–Trinajstić information content (AvgIpc) is 2.91. The molecule has 1 saturated carbocycles. The number of nitrogens with zero attached hydrogens (tertiary/aromatic N) is 2. The fourth-order valence-electron chi connectivity index (χ4n) is 1.42. The molecule has 1 aliphatic rings. The first-order valence-electron chi connectivity index (χ1n) is 4.95. The molecule has 4 nitrogen and oxygen atoms in total. The van der Waals surface area contributed by atoms with E-state index in [-0.39, 0.29) is 5.97 Å². The van der Waals surface area contributed by atoms with Crippen molar-refractivity contribution in [3.63, 3.8) is 0 Å². The highest BCUT2D eigenvalue weighted by molar-refractivity contribution is 5.90. The van der Waals surface area contributed by atoms with Gasteiger partial charge in [0, 0.05) is 6.20 Å². The summed E-state index contributed by atoms with van der Waals surface area (Å²) in [5, 5.41) is 4.29. The van der Waals surface area contributed by atoms with Crippen LogP contribution in [0.2, 0.25) is 0 Å². The number of carbonyl (C=O) groups excluding carboxylic acids is 1. The topological polar surface area (TPSA) is 44.1 Å². The molecule has 0 atom stereocenters. The number of rotatable bonds is 3. The molecule has 0 aliphatic heterocycles. The maximum Gasteiger partial charge on any atom is 0.341 e. The Balaban J connectivity index is 2.19. The molecule has 0 spiro atoms. The smallest absolute Gasteiger partial charge is 0.341 e. The molecule has 4 heteroatoms. The molecule has 0 amide bonds. The van der Waals surface area contributed by atoms with Gasteiger partial charge in [-0.15, -0.1) is 0 Å². The predicted octanol–water partition coefficient (Wildman–Crippen LogP) is 1.70. The van der Waals surface area contributed by atoms with Crippen molar-refractivity contribution in [1.29, 1.82) is 0 Å². The van der Waals surface area contributed by atoms with Crippen LogP contribution in [0.15, 0.2) is 6.20 Å². The molecule has 14 heavy (non-hydrogen) atoms. The number of hydrogen-bond donors (Lipinski definition) is 0. The van der Waals surface area contributed by atoms with Gasteiger partial charge in [-0.2, -0.15) is 5.10 Å². The maximum absolute atomic E-state index is 11.4. The second-order valence-corrected chi connectivity index (χ2v) is 3.56. The van der Waals surface area contributed by atoms with Crippen LogP contribution in [0, 0.1) is 6.92 Å². The fourth-order valence-corrected chi connectivity index (χ4v) is 1.42. The number of aryl methyl sites for hydroxylation is 1. The van der Waals surface area contributed by atoms with Crippen LogP contribution in [0.3, 0.4) is 0 Å². The fraction of sp³-hybridized carbons (Fsp3) is 0.600. The third-order valence-electron chi connectivity index (χ3n) is 2.33. The summed E-state index contributed by atoms with van der Waals surface area (Å²) in [6.45, 7) is 4.05. The van der Waals surface area contributed by atoms with Gasteiger partial charge in [-0.1, -0.05) is 0 Å². The molecular weight excluding hydrogens is 180 g/mol. The van der Waals surface area contributed by atoms with Gasteiger partial charge in [-0.25, -0.2) is 4.79 Å². The van der Waals surface area contributed by atoms with E-state index in [2.05, 4.69) is 5.10 Å². The quantitative estimate of drug-likeness (QED) is 0.688. The number of esters is 1. The first-order chi connectivity index (χ1) is 6.72. The monoisotopic (exact) mass is 194 g/mol. The third-order valence-corrected chi connectivity index (χ3v) is 2.33. The highest BCUT2D eigenvalue weighted by Crippen LogP contribution is 2.34. The summed E-state index contributed by atoms with van der Waals surface area (Å²) in [5.41, 5.74) is 1.36. The van der Waals surface area contributed by atoms with Gasteiger partial charge in [-0.3, -0.25) is 4.68 Å². The van der Waals surface area contributed by atoms with Crippen molar-refractivity contribution in [2.75, 3.05) is 6.61 Å². The van der Waals surface area contributed by atoms with E-state index in [1.807, 2.05) is 11.6 Å². The lowest BCUT2D eigenvalue weighted by Crippen LogP contribution is -2.04. The zero-order valence-electron chi connectivity index (χ0n) is 8.49. The van der Waals surface area contributed by atoms with Gasteiger partial charge < -0.3 is 4.74 Å². The van der Waals surface area contributed by atoms with E-state index in [1.54, 1.807) is 13.1 Å². The highest BCUT2D eigenvalue weighted by atomic mass is 16.5. The van der Waals surface area contributed by atoms with E-state index in [9.17, 15) is 4.79 Å². The standard InChI is InChI=1S/C10H14N2O2/c1-3-14-10(13)9-6-12(8-4-5-8)11-7(9)2/h6,8H,3-5H2,1-2H3. The second-order valence-electron chi connectivity index (χ2n) is 3.56. The third kappa shape index (κ3) is 1.64. The molecule has 1 heterocycles. The lowest BCUT2D eigenvalue weighted by Gasteiger charge is -1.97. The van der Waals surface area contributed by atoms with Crippen LogP contribution in [0.4, 0.5) is 0 Å². The zero-order valence-corrected chi connectivity index (χ0v) is 8.49. The molecule has 1 aromatic heterocycles. The van der Waals surface area contributed by atoms with Crippen LogP contribution in [-0.4, -0.2) is 22.4 Å². The van der Waals surface area contributed by atoms with Crippen molar-refractivity contribution in [3.8, 4) is 0 Å². The first-order valence-corrected chi connectivity index (χ1v) is 4.95. The van der Waals surface area contributed by atoms with Crippen LogP contribution in [-0.2, 0) is 4.74 Å². The van der Waals surface area contributed by atoms with Gasteiger partial charge in [0.1, 0.15) is 5.56 Å². The van der Waals surface area contributed by atoms with Gasteiger partial charge >= 0.3 is 5.97 Å². The van der Waals surface area contributed by atoms with Crippen LogP contribution >= 0.6 is 0 Å². The van der Waals surface area contributed by atoms with E-state index in [0.29, 0.717) is 18.2 Å². The van der Waals surface area contributed by atoms with Gasteiger partial charge in [0.25, 0.3) is 0 Å². The molecular formula is C10H14N2O2. The summed E-state index contributed by atoms with van der Waals surface area (Å²) >= 11 is 0. The molecule has 2 rings (SSSR count). The maximum atomic E-state index is 11.4. The Morgan fingerprint density at radius 3 is 3.00 bits per heavy atom. The van der Waals surface area contributed by atoms with Gasteiger partial charge in [0.05, 0.1) is 18.3 Å². The Bertz CT molecular complexity index is 353. The Hall–Kier alpha value is -1.32. The molecule has 0 saturated heterocycles. The van der Waals surface area contributed by atoms with E-state index < -0.39 is 0 Å². The molecule has 0 bridgehead atoms. The Morgan fingerprint density at radius 2 is 2.43 bits per heavy atom. The second kappa shape index (κ2) is 3.44. The molecule has 0 N–H and O–H groups in total. The van der Waals surface area contributed by atoms with E-state index in [0.717, 1.165) is 5.69 Å². The lowest BCUT2D eigenvalue weighted by molar-refractivity contribution is 0.0525. The summed E-state index contributed by atoms with van der Waals surface area (Å²) in [4.78, 5) is 11.4. The summed E-state index contributed by atoms with van der Waals surface area (Å²) in [6, 6.07) is 0.511. The summed E-state index contributed by atoms with van der Waals surface area (Å²) in [5.74, 6) is -0.267. The normalized spacial score (nSPS) is 15.6. The van der Waals surface area contributed by atoms with Crippen molar-refractivity contribution in [2.24, 2.45) is 0 Å². The number of aromatic nitrogens is 2. The molecule has 0 radical (unpaired) electrons. The van der Waals surface area contributed by atoms with Crippen molar-refractivity contribution >= 4 is 5.97 Å². The molecule has 1 aliphatic carbocycles. The first kappa shape index (κ1) is 9.24. The highest BCUT2D eigenvalue weighted by Gasteiger charge is 2.26. The number of ether oxygens (including phenoxy) is 1.